The minimum atomic E-state index is -0.166. The number of piperazine rings is 1. The van der Waals surface area contributed by atoms with Crippen molar-refractivity contribution in [1.82, 2.24) is 9.80 Å². The second kappa shape index (κ2) is 6.73. The van der Waals surface area contributed by atoms with Gasteiger partial charge in [-0.3, -0.25) is 4.90 Å². The largest absolute Gasteiger partial charge is 0.329 e. The average molecular weight is 356 g/mol. The number of nitrogens with zero attached hydrogens (tertiary/aromatic N) is 2. The van der Waals surface area contributed by atoms with Crippen LogP contribution in [0.1, 0.15) is 24.4 Å². The molecule has 1 atom stereocenters. The standard InChI is InChI=1S/C16H23BrFN3/c17-13-3-4-14(15(18)9-13)16(10-19)21-7-5-20(6-8-21)11-12-1-2-12/h3-4,9,12,16H,1-2,5-8,10-11,19H2. The summed E-state index contributed by atoms with van der Waals surface area (Å²) >= 11 is 3.31. The number of nitrogens with two attached hydrogens (primary N) is 1. The summed E-state index contributed by atoms with van der Waals surface area (Å²) < 4.78 is 14.9. The zero-order chi connectivity index (χ0) is 14.8. The van der Waals surface area contributed by atoms with Gasteiger partial charge in [0, 0.05) is 49.3 Å². The Balaban J connectivity index is 1.63. The molecule has 21 heavy (non-hydrogen) atoms. The van der Waals surface area contributed by atoms with Crippen molar-refractivity contribution in [2.75, 3.05) is 39.3 Å². The summed E-state index contributed by atoms with van der Waals surface area (Å²) in [5.41, 5.74) is 6.65. The number of hydrogen-bond acceptors (Lipinski definition) is 3. The summed E-state index contributed by atoms with van der Waals surface area (Å²) in [6.45, 7) is 5.80. The molecule has 1 heterocycles. The van der Waals surface area contributed by atoms with Gasteiger partial charge in [-0.25, -0.2) is 4.39 Å². The van der Waals surface area contributed by atoms with Crippen molar-refractivity contribution in [2.45, 2.75) is 18.9 Å². The van der Waals surface area contributed by atoms with Crippen molar-refractivity contribution < 1.29 is 4.39 Å². The monoisotopic (exact) mass is 355 g/mol. The van der Waals surface area contributed by atoms with Gasteiger partial charge in [0.1, 0.15) is 5.82 Å². The Hall–Kier alpha value is -0.490. The van der Waals surface area contributed by atoms with Gasteiger partial charge in [-0.05, 0) is 30.9 Å². The summed E-state index contributed by atoms with van der Waals surface area (Å²) in [5, 5.41) is 0. The first kappa shape index (κ1) is 15.4. The molecule has 3 rings (SSSR count). The number of hydrogen-bond donors (Lipinski definition) is 1. The van der Waals surface area contributed by atoms with Crippen molar-refractivity contribution in [1.29, 1.82) is 0 Å². The highest BCUT2D eigenvalue weighted by Crippen LogP contribution is 2.31. The summed E-state index contributed by atoms with van der Waals surface area (Å²) in [7, 11) is 0. The number of benzene rings is 1. The minimum Gasteiger partial charge on any atom is -0.329 e. The maximum atomic E-state index is 14.2. The molecule has 1 aromatic carbocycles. The molecule has 1 saturated heterocycles. The molecule has 1 aliphatic heterocycles. The van der Waals surface area contributed by atoms with Gasteiger partial charge < -0.3 is 10.6 Å². The van der Waals surface area contributed by atoms with Gasteiger partial charge in [0.05, 0.1) is 6.04 Å². The topological polar surface area (TPSA) is 32.5 Å². The highest BCUT2D eigenvalue weighted by Gasteiger charge is 2.29. The lowest BCUT2D eigenvalue weighted by molar-refractivity contribution is 0.0942. The molecule has 5 heteroatoms. The normalized spacial score (nSPS) is 22.4. The third kappa shape index (κ3) is 3.83. The minimum absolute atomic E-state index is 0.0128. The van der Waals surface area contributed by atoms with E-state index in [0.29, 0.717) is 6.54 Å². The van der Waals surface area contributed by atoms with Crippen LogP contribution in [0.25, 0.3) is 0 Å². The van der Waals surface area contributed by atoms with E-state index < -0.39 is 0 Å². The van der Waals surface area contributed by atoms with Crippen molar-refractivity contribution in [3.05, 3.63) is 34.1 Å². The lowest BCUT2D eigenvalue weighted by atomic mass is 10.0. The molecule has 0 radical (unpaired) electrons. The quantitative estimate of drug-likeness (QED) is 0.880. The Kier molecular flexibility index (Phi) is 4.94. The van der Waals surface area contributed by atoms with Crippen LogP contribution in [0.3, 0.4) is 0 Å². The maximum Gasteiger partial charge on any atom is 0.129 e. The molecule has 0 amide bonds. The Morgan fingerprint density at radius 3 is 2.52 bits per heavy atom. The van der Waals surface area contributed by atoms with Gasteiger partial charge in [0.25, 0.3) is 0 Å². The molecule has 1 aromatic rings. The fraction of sp³-hybridized carbons (Fsp3) is 0.625. The molecule has 1 unspecified atom stereocenters. The van der Waals surface area contributed by atoms with Gasteiger partial charge >= 0.3 is 0 Å². The highest BCUT2D eigenvalue weighted by molar-refractivity contribution is 9.10. The van der Waals surface area contributed by atoms with E-state index in [-0.39, 0.29) is 11.9 Å². The van der Waals surface area contributed by atoms with Crippen molar-refractivity contribution in [3.8, 4) is 0 Å². The van der Waals surface area contributed by atoms with Crippen LogP contribution in [0, 0.1) is 11.7 Å². The van der Waals surface area contributed by atoms with Gasteiger partial charge in [-0.2, -0.15) is 0 Å². The second-order valence-electron chi connectivity index (χ2n) is 6.20. The summed E-state index contributed by atoms with van der Waals surface area (Å²) in [6, 6.07) is 5.26. The first-order valence-electron chi connectivity index (χ1n) is 7.79. The van der Waals surface area contributed by atoms with Crippen LogP contribution in [0.2, 0.25) is 0 Å². The molecule has 2 N–H and O–H groups in total. The summed E-state index contributed by atoms with van der Waals surface area (Å²) in [6.07, 6.45) is 2.80. The molecule has 1 saturated carbocycles. The molecule has 116 valence electrons. The van der Waals surface area contributed by atoms with Crippen LogP contribution in [0.5, 0.6) is 0 Å². The molecule has 0 aromatic heterocycles. The molecular formula is C16H23BrFN3. The average Bonchev–Trinajstić information content (AvgIpc) is 3.27. The van der Waals surface area contributed by atoms with Gasteiger partial charge in [0.2, 0.25) is 0 Å². The predicted molar refractivity (Wildman–Crippen MR) is 86.6 cm³/mol. The Bertz CT molecular complexity index is 484. The Morgan fingerprint density at radius 1 is 1.24 bits per heavy atom. The Labute approximate surface area is 134 Å². The van der Waals surface area contributed by atoms with E-state index in [9.17, 15) is 4.39 Å². The molecular weight excluding hydrogens is 333 g/mol. The molecule has 2 fully saturated rings. The fourth-order valence-corrected chi connectivity index (χ4v) is 3.50. The van der Waals surface area contributed by atoms with E-state index in [1.807, 2.05) is 12.1 Å². The van der Waals surface area contributed by atoms with Crippen LogP contribution in [0.4, 0.5) is 4.39 Å². The van der Waals surface area contributed by atoms with Gasteiger partial charge in [-0.15, -0.1) is 0 Å². The molecule has 0 spiro atoms. The van der Waals surface area contributed by atoms with Crippen LogP contribution in [-0.4, -0.2) is 49.1 Å². The smallest absolute Gasteiger partial charge is 0.129 e. The van der Waals surface area contributed by atoms with E-state index in [0.717, 1.165) is 42.1 Å². The number of halogens is 2. The van der Waals surface area contributed by atoms with Crippen molar-refractivity contribution >= 4 is 15.9 Å². The van der Waals surface area contributed by atoms with Crippen LogP contribution in [0.15, 0.2) is 22.7 Å². The summed E-state index contributed by atoms with van der Waals surface area (Å²) in [5.74, 6) is 0.769. The fourth-order valence-electron chi connectivity index (χ4n) is 3.17. The molecule has 3 nitrogen and oxygen atoms in total. The zero-order valence-corrected chi connectivity index (χ0v) is 13.9. The van der Waals surface area contributed by atoms with Crippen LogP contribution >= 0.6 is 15.9 Å². The summed E-state index contributed by atoms with van der Waals surface area (Å²) in [4.78, 5) is 4.87. The van der Waals surface area contributed by atoms with E-state index in [1.54, 1.807) is 0 Å². The van der Waals surface area contributed by atoms with E-state index in [2.05, 4.69) is 25.7 Å². The van der Waals surface area contributed by atoms with Crippen molar-refractivity contribution in [2.24, 2.45) is 11.7 Å². The molecule has 1 aliphatic carbocycles. The second-order valence-corrected chi connectivity index (χ2v) is 7.11. The highest BCUT2D eigenvalue weighted by atomic mass is 79.9. The maximum absolute atomic E-state index is 14.2. The van der Waals surface area contributed by atoms with E-state index >= 15 is 0 Å². The molecule has 0 bridgehead atoms. The lowest BCUT2D eigenvalue weighted by Gasteiger charge is -2.39. The van der Waals surface area contributed by atoms with Crippen LogP contribution in [-0.2, 0) is 0 Å². The van der Waals surface area contributed by atoms with Gasteiger partial charge in [-0.1, -0.05) is 22.0 Å². The lowest BCUT2D eigenvalue weighted by Crippen LogP contribution is -2.49. The number of rotatable bonds is 5. The van der Waals surface area contributed by atoms with E-state index in [1.165, 1.54) is 25.5 Å². The molecule has 2 aliphatic rings. The first-order chi connectivity index (χ1) is 10.2. The van der Waals surface area contributed by atoms with Crippen LogP contribution < -0.4 is 5.73 Å². The zero-order valence-electron chi connectivity index (χ0n) is 12.3. The SMILES string of the molecule is NCC(c1ccc(Br)cc1F)N1CCN(CC2CC2)CC1. The van der Waals surface area contributed by atoms with Crippen molar-refractivity contribution in [3.63, 3.8) is 0 Å². The van der Waals surface area contributed by atoms with Gasteiger partial charge in [0.15, 0.2) is 0 Å². The first-order valence-corrected chi connectivity index (χ1v) is 8.58. The third-order valence-electron chi connectivity index (χ3n) is 4.61. The Morgan fingerprint density at radius 2 is 1.95 bits per heavy atom. The van der Waals surface area contributed by atoms with E-state index in [4.69, 9.17) is 5.73 Å². The predicted octanol–water partition coefficient (Wildman–Crippen LogP) is 2.62. The third-order valence-corrected chi connectivity index (χ3v) is 5.10.